The van der Waals surface area contributed by atoms with Crippen molar-refractivity contribution in [2.45, 2.75) is 31.9 Å². The van der Waals surface area contributed by atoms with Gasteiger partial charge in [0, 0.05) is 12.2 Å². The zero-order valence-electron chi connectivity index (χ0n) is 12.1. The molecule has 0 aromatic heterocycles. The molecule has 4 nitrogen and oxygen atoms in total. The van der Waals surface area contributed by atoms with Crippen LogP contribution >= 0.6 is 0 Å². The molecule has 0 heterocycles. The standard InChI is InChI=1S/C15H19F3N2O2/c16-15(17,18)10-22-12-5-3-11(4-6-12)20-13(21)14(9-19)7-1-2-8-14/h3-6H,1-2,7-10,19H2,(H,20,21). The maximum absolute atomic E-state index is 12.3. The third-order valence-corrected chi connectivity index (χ3v) is 3.95. The number of halogens is 3. The number of amides is 1. The first kappa shape index (κ1) is 16.6. The molecule has 1 aliphatic carbocycles. The number of ether oxygens (including phenoxy) is 1. The summed E-state index contributed by atoms with van der Waals surface area (Å²) in [6.07, 6.45) is -0.878. The summed E-state index contributed by atoms with van der Waals surface area (Å²) in [6.45, 7) is -1.04. The van der Waals surface area contributed by atoms with Gasteiger partial charge in [-0.3, -0.25) is 4.79 Å². The van der Waals surface area contributed by atoms with Crippen molar-refractivity contribution in [2.24, 2.45) is 11.1 Å². The van der Waals surface area contributed by atoms with E-state index in [1.165, 1.54) is 24.3 Å². The molecule has 0 aliphatic heterocycles. The quantitative estimate of drug-likeness (QED) is 0.877. The summed E-state index contributed by atoms with van der Waals surface area (Å²) in [7, 11) is 0. The minimum absolute atomic E-state index is 0.102. The predicted molar refractivity (Wildman–Crippen MR) is 76.6 cm³/mol. The van der Waals surface area contributed by atoms with E-state index in [0.29, 0.717) is 12.2 Å². The van der Waals surface area contributed by atoms with Crippen molar-refractivity contribution in [1.82, 2.24) is 0 Å². The van der Waals surface area contributed by atoms with Crippen LogP contribution in [0.15, 0.2) is 24.3 Å². The number of benzene rings is 1. The fourth-order valence-corrected chi connectivity index (χ4v) is 2.64. The van der Waals surface area contributed by atoms with Crippen molar-refractivity contribution in [2.75, 3.05) is 18.5 Å². The number of hydrogen-bond donors (Lipinski definition) is 2. The van der Waals surface area contributed by atoms with Gasteiger partial charge in [0.25, 0.3) is 0 Å². The maximum Gasteiger partial charge on any atom is 0.422 e. The van der Waals surface area contributed by atoms with Gasteiger partial charge in [-0.05, 0) is 37.1 Å². The van der Waals surface area contributed by atoms with Gasteiger partial charge in [-0.2, -0.15) is 13.2 Å². The van der Waals surface area contributed by atoms with Crippen LogP contribution in [-0.4, -0.2) is 25.2 Å². The number of hydrogen-bond acceptors (Lipinski definition) is 3. The molecular weight excluding hydrogens is 297 g/mol. The highest BCUT2D eigenvalue weighted by Crippen LogP contribution is 2.38. The van der Waals surface area contributed by atoms with Crippen molar-refractivity contribution in [3.63, 3.8) is 0 Å². The Balaban J connectivity index is 1.95. The lowest BCUT2D eigenvalue weighted by Gasteiger charge is -2.25. The first-order valence-corrected chi connectivity index (χ1v) is 7.16. The summed E-state index contributed by atoms with van der Waals surface area (Å²) < 4.78 is 40.8. The Bertz CT molecular complexity index is 509. The second-order valence-electron chi connectivity index (χ2n) is 5.57. The summed E-state index contributed by atoms with van der Waals surface area (Å²) in [6, 6.07) is 5.82. The predicted octanol–water partition coefficient (Wildman–Crippen LogP) is 3.09. The second kappa shape index (κ2) is 6.56. The van der Waals surface area contributed by atoms with Crippen LogP contribution in [0.1, 0.15) is 25.7 Å². The minimum atomic E-state index is -4.37. The molecule has 2 rings (SSSR count). The average Bonchev–Trinajstić information content (AvgIpc) is 2.96. The van der Waals surface area contributed by atoms with Gasteiger partial charge in [0.15, 0.2) is 6.61 Å². The molecule has 0 saturated heterocycles. The number of alkyl halides is 3. The molecule has 1 saturated carbocycles. The topological polar surface area (TPSA) is 64.4 Å². The Kier molecular flexibility index (Phi) is 4.95. The molecule has 0 atom stereocenters. The van der Waals surface area contributed by atoms with Crippen molar-refractivity contribution in [3.8, 4) is 5.75 Å². The fourth-order valence-electron chi connectivity index (χ4n) is 2.64. The van der Waals surface area contributed by atoms with Crippen LogP contribution in [-0.2, 0) is 4.79 Å². The van der Waals surface area contributed by atoms with Gasteiger partial charge < -0.3 is 15.8 Å². The van der Waals surface area contributed by atoms with Gasteiger partial charge in [-0.1, -0.05) is 12.8 Å². The van der Waals surface area contributed by atoms with Crippen LogP contribution in [0.3, 0.4) is 0 Å². The Hall–Kier alpha value is -1.76. The molecule has 1 amide bonds. The van der Waals surface area contributed by atoms with Crippen LogP contribution in [0.4, 0.5) is 18.9 Å². The molecule has 1 aliphatic rings. The average molecular weight is 316 g/mol. The highest BCUT2D eigenvalue weighted by molar-refractivity contribution is 5.95. The van der Waals surface area contributed by atoms with E-state index < -0.39 is 18.2 Å². The molecular formula is C15H19F3N2O2. The number of nitrogens with one attached hydrogen (secondary N) is 1. The zero-order valence-corrected chi connectivity index (χ0v) is 12.1. The molecule has 3 N–H and O–H groups in total. The van der Waals surface area contributed by atoms with Crippen LogP contribution in [0.5, 0.6) is 5.75 Å². The molecule has 7 heteroatoms. The Labute approximate surface area is 126 Å². The van der Waals surface area contributed by atoms with Crippen LogP contribution in [0, 0.1) is 5.41 Å². The Morgan fingerprint density at radius 2 is 1.82 bits per heavy atom. The van der Waals surface area contributed by atoms with E-state index >= 15 is 0 Å². The summed E-state index contributed by atoms with van der Waals surface area (Å²) in [5.41, 5.74) is 5.74. The number of rotatable bonds is 5. The van der Waals surface area contributed by atoms with Crippen molar-refractivity contribution < 1.29 is 22.7 Å². The van der Waals surface area contributed by atoms with Crippen LogP contribution in [0.2, 0.25) is 0 Å². The van der Waals surface area contributed by atoms with Crippen LogP contribution in [0.25, 0.3) is 0 Å². The van der Waals surface area contributed by atoms with E-state index in [1.54, 1.807) is 0 Å². The summed E-state index contributed by atoms with van der Waals surface area (Å²) in [5.74, 6) is -0.0267. The molecule has 1 fully saturated rings. The third-order valence-electron chi connectivity index (χ3n) is 3.95. The number of anilines is 1. The molecule has 0 radical (unpaired) electrons. The van der Waals surface area contributed by atoms with Gasteiger partial charge in [-0.25, -0.2) is 0 Å². The lowest BCUT2D eigenvalue weighted by Crippen LogP contribution is -2.40. The zero-order chi connectivity index (χ0) is 16.2. The molecule has 0 spiro atoms. The van der Waals surface area contributed by atoms with Gasteiger partial charge in [-0.15, -0.1) is 0 Å². The van der Waals surface area contributed by atoms with Gasteiger partial charge in [0.05, 0.1) is 5.41 Å². The van der Waals surface area contributed by atoms with E-state index in [2.05, 4.69) is 10.1 Å². The highest BCUT2D eigenvalue weighted by Gasteiger charge is 2.39. The first-order chi connectivity index (χ1) is 10.3. The second-order valence-corrected chi connectivity index (χ2v) is 5.57. The van der Waals surface area contributed by atoms with Crippen molar-refractivity contribution >= 4 is 11.6 Å². The summed E-state index contributed by atoms with van der Waals surface area (Å²) in [4.78, 5) is 12.3. The lowest BCUT2D eigenvalue weighted by molar-refractivity contribution is -0.153. The molecule has 0 bridgehead atoms. The monoisotopic (exact) mass is 316 g/mol. The van der Waals surface area contributed by atoms with Gasteiger partial charge >= 0.3 is 6.18 Å². The number of nitrogens with two attached hydrogens (primary N) is 1. The molecule has 1 aromatic rings. The summed E-state index contributed by atoms with van der Waals surface area (Å²) >= 11 is 0. The van der Waals surface area contributed by atoms with E-state index in [9.17, 15) is 18.0 Å². The Morgan fingerprint density at radius 3 is 2.32 bits per heavy atom. The minimum Gasteiger partial charge on any atom is -0.484 e. The van der Waals surface area contributed by atoms with Gasteiger partial charge in [0.2, 0.25) is 5.91 Å². The van der Waals surface area contributed by atoms with Crippen LogP contribution < -0.4 is 15.8 Å². The fraction of sp³-hybridized carbons (Fsp3) is 0.533. The molecule has 1 aromatic carbocycles. The summed E-state index contributed by atoms with van der Waals surface area (Å²) in [5, 5.41) is 2.78. The van der Waals surface area contributed by atoms with E-state index in [-0.39, 0.29) is 11.7 Å². The number of carbonyl (C=O) groups excluding carboxylic acids is 1. The third kappa shape index (κ3) is 4.13. The molecule has 0 unspecified atom stereocenters. The van der Waals surface area contributed by atoms with Crippen molar-refractivity contribution in [1.29, 1.82) is 0 Å². The normalized spacial score (nSPS) is 17.3. The first-order valence-electron chi connectivity index (χ1n) is 7.16. The smallest absolute Gasteiger partial charge is 0.422 e. The van der Waals surface area contributed by atoms with E-state index in [4.69, 9.17) is 5.73 Å². The maximum atomic E-state index is 12.3. The van der Waals surface area contributed by atoms with Crippen molar-refractivity contribution in [3.05, 3.63) is 24.3 Å². The highest BCUT2D eigenvalue weighted by atomic mass is 19.4. The SMILES string of the molecule is NCC1(C(=O)Nc2ccc(OCC(F)(F)F)cc2)CCCC1. The van der Waals surface area contributed by atoms with E-state index in [0.717, 1.165) is 25.7 Å². The Morgan fingerprint density at radius 1 is 1.23 bits per heavy atom. The molecule has 122 valence electrons. The number of carbonyl (C=O) groups is 1. The largest absolute Gasteiger partial charge is 0.484 e. The van der Waals surface area contributed by atoms with Gasteiger partial charge in [0.1, 0.15) is 5.75 Å². The molecule has 22 heavy (non-hydrogen) atoms. The van der Waals surface area contributed by atoms with E-state index in [1.807, 2.05) is 0 Å². The lowest BCUT2D eigenvalue weighted by atomic mass is 9.85.